The van der Waals surface area contributed by atoms with Crippen LogP contribution < -0.4 is 15.5 Å². The molecule has 1 fully saturated rings. The number of halogens is 2. The molecular formula is C23H19F2N5O2S. The molecule has 7 nitrogen and oxygen atoms in total. The minimum atomic E-state index is -2.79. The summed E-state index contributed by atoms with van der Waals surface area (Å²) in [6, 6.07) is 8.07. The maximum atomic E-state index is 13.3. The Balaban J connectivity index is 1.64. The van der Waals surface area contributed by atoms with E-state index in [-0.39, 0.29) is 28.7 Å². The number of methoxy groups -OCH3 is 1. The first-order chi connectivity index (χ1) is 16.0. The zero-order valence-electron chi connectivity index (χ0n) is 17.6. The Morgan fingerprint density at radius 1 is 1.33 bits per heavy atom. The molecule has 2 N–H and O–H groups in total. The second kappa shape index (κ2) is 9.88. The lowest BCUT2D eigenvalue weighted by atomic mass is 9.95. The van der Waals surface area contributed by atoms with Crippen molar-refractivity contribution in [2.24, 2.45) is 11.0 Å². The number of carbonyl (C=O) groups is 1. The van der Waals surface area contributed by atoms with Crippen LogP contribution in [0.15, 0.2) is 35.6 Å². The van der Waals surface area contributed by atoms with E-state index in [4.69, 9.17) is 10.00 Å². The Labute approximate surface area is 193 Å². The maximum Gasteiger partial charge on any atom is 0.280 e. The number of thioether (sulfide) groups is 1. The zero-order valence-corrected chi connectivity index (χ0v) is 18.4. The smallest absolute Gasteiger partial charge is 0.280 e. The van der Waals surface area contributed by atoms with Gasteiger partial charge in [0, 0.05) is 17.0 Å². The Morgan fingerprint density at radius 2 is 2.15 bits per heavy atom. The van der Waals surface area contributed by atoms with Crippen molar-refractivity contribution in [2.75, 3.05) is 7.11 Å². The molecule has 0 spiro atoms. The topological polar surface area (TPSA) is 99.4 Å². The maximum absolute atomic E-state index is 13.3. The zero-order chi connectivity index (χ0) is 23.4. The second-order valence-corrected chi connectivity index (χ2v) is 8.48. The van der Waals surface area contributed by atoms with E-state index in [9.17, 15) is 13.6 Å². The van der Waals surface area contributed by atoms with Gasteiger partial charge in [-0.05, 0) is 53.9 Å². The number of hydrazone groups is 1. The highest BCUT2D eigenvalue weighted by Crippen LogP contribution is 2.35. The van der Waals surface area contributed by atoms with Gasteiger partial charge in [-0.25, -0.2) is 8.78 Å². The quantitative estimate of drug-likeness (QED) is 0.649. The van der Waals surface area contributed by atoms with Crippen LogP contribution in [0.5, 0.6) is 5.75 Å². The van der Waals surface area contributed by atoms with Crippen LogP contribution in [0.2, 0.25) is 0 Å². The molecule has 10 heteroatoms. The summed E-state index contributed by atoms with van der Waals surface area (Å²) >= 11 is 1.29. The van der Waals surface area contributed by atoms with Crippen LogP contribution in [0.1, 0.15) is 40.9 Å². The third-order valence-corrected chi connectivity index (χ3v) is 5.84. The van der Waals surface area contributed by atoms with Crippen LogP contribution in [-0.4, -0.2) is 28.5 Å². The fourth-order valence-electron chi connectivity index (χ4n) is 3.15. The Bertz CT molecular complexity index is 1210. The lowest BCUT2D eigenvalue weighted by molar-refractivity contribution is 0.0978. The van der Waals surface area contributed by atoms with Crippen LogP contribution in [0.4, 0.5) is 8.78 Å². The summed E-state index contributed by atoms with van der Waals surface area (Å²) in [7, 11) is 1.39. The van der Waals surface area contributed by atoms with Crippen molar-refractivity contribution in [2.45, 2.75) is 31.1 Å². The molecule has 1 saturated carbocycles. The molecule has 2 aliphatic rings. The first-order valence-electron chi connectivity index (χ1n) is 10.1. The summed E-state index contributed by atoms with van der Waals surface area (Å²) in [5.41, 5.74) is 3.91. The van der Waals surface area contributed by atoms with Gasteiger partial charge >= 0.3 is 0 Å². The van der Waals surface area contributed by atoms with Crippen LogP contribution in [0.25, 0.3) is 11.1 Å². The first kappa shape index (κ1) is 22.6. The van der Waals surface area contributed by atoms with E-state index in [0.717, 1.165) is 12.8 Å². The third-order valence-electron chi connectivity index (χ3n) is 4.96. The highest BCUT2D eigenvalue weighted by Gasteiger charge is 2.24. The molecule has 1 atom stereocenters. The van der Waals surface area contributed by atoms with E-state index in [2.05, 4.69) is 32.7 Å². The van der Waals surface area contributed by atoms with Crippen molar-refractivity contribution in [3.63, 3.8) is 0 Å². The third kappa shape index (κ3) is 5.41. The van der Waals surface area contributed by atoms with Crippen molar-refractivity contribution in [1.29, 1.82) is 5.26 Å². The number of aromatic nitrogens is 1. The molecule has 2 heterocycles. The van der Waals surface area contributed by atoms with Gasteiger partial charge in [-0.3, -0.25) is 20.5 Å². The molecule has 1 aliphatic heterocycles. The normalized spacial score (nSPS) is 16.8. The summed E-state index contributed by atoms with van der Waals surface area (Å²) in [6.07, 6.45) is 0.728. The SMILES string of the molecule is COc1cnc(C(F)F)cc1-c1cc(CC#N)ccc1C(=O)NC1=NNC(C#CC2CC2)S1. The number of hydrogen-bond donors (Lipinski definition) is 2. The summed E-state index contributed by atoms with van der Waals surface area (Å²) < 4.78 is 31.9. The average Bonchev–Trinajstić information content (AvgIpc) is 3.55. The summed E-state index contributed by atoms with van der Waals surface area (Å²) in [6.45, 7) is 0. The summed E-state index contributed by atoms with van der Waals surface area (Å²) in [4.78, 5) is 16.8. The van der Waals surface area contributed by atoms with Crippen LogP contribution in [0.3, 0.4) is 0 Å². The van der Waals surface area contributed by atoms with Gasteiger partial charge in [-0.15, -0.1) is 0 Å². The van der Waals surface area contributed by atoms with Gasteiger partial charge in [-0.2, -0.15) is 10.4 Å². The Hall–Kier alpha value is -3.63. The number of rotatable bonds is 5. The van der Waals surface area contributed by atoms with Gasteiger partial charge in [0.25, 0.3) is 12.3 Å². The molecule has 0 radical (unpaired) electrons. The second-order valence-electron chi connectivity index (χ2n) is 7.39. The van der Waals surface area contributed by atoms with Gasteiger partial charge < -0.3 is 4.74 Å². The lowest BCUT2D eigenvalue weighted by Gasteiger charge is -2.15. The number of nitrogens with one attached hydrogen (secondary N) is 2. The highest BCUT2D eigenvalue weighted by molar-refractivity contribution is 8.14. The molecule has 1 amide bonds. The van der Waals surface area contributed by atoms with E-state index in [1.165, 1.54) is 31.1 Å². The summed E-state index contributed by atoms with van der Waals surface area (Å²) in [5, 5.41) is 16.0. The Kier molecular flexibility index (Phi) is 6.76. The van der Waals surface area contributed by atoms with Crippen LogP contribution in [0, 0.1) is 29.1 Å². The minimum Gasteiger partial charge on any atom is -0.494 e. The number of benzene rings is 1. The predicted octanol–water partition coefficient (Wildman–Crippen LogP) is 3.84. The molecule has 168 valence electrons. The number of alkyl halides is 2. The first-order valence-corrected chi connectivity index (χ1v) is 11.0. The van der Waals surface area contributed by atoms with Crippen molar-refractivity contribution >= 4 is 22.8 Å². The monoisotopic (exact) mass is 467 g/mol. The fourth-order valence-corrected chi connectivity index (χ4v) is 3.86. The lowest BCUT2D eigenvalue weighted by Crippen LogP contribution is -2.28. The number of amidine groups is 1. The van der Waals surface area contributed by atoms with Crippen molar-refractivity contribution in [3.8, 4) is 34.8 Å². The number of carbonyl (C=O) groups excluding carboxylic acids is 1. The molecule has 2 aromatic rings. The molecule has 4 rings (SSSR count). The van der Waals surface area contributed by atoms with Crippen LogP contribution >= 0.6 is 11.8 Å². The van der Waals surface area contributed by atoms with Crippen LogP contribution in [-0.2, 0) is 6.42 Å². The van der Waals surface area contributed by atoms with E-state index >= 15 is 0 Å². The Morgan fingerprint density at radius 3 is 2.85 bits per heavy atom. The van der Waals surface area contributed by atoms with Gasteiger partial charge in [0.2, 0.25) is 0 Å². The molecule has 1 aromatic heterocycles. The van der Waals surface area contributed by atoms with E-state index in [0.29, 0.717) is 22.2 Å². The average molecular weight is 468 g/mol. The van der Waals surface area contributed by atoms with Gasteiger partial charge in [0.05, 0.1) is 25.8 Å². The van der Waals surface area contributed by atoms with Gasteiger partial charge in [-0.1, -0.05) is 17.9 Å². The summed E-state index contributed by atoms with van der Waals surface area (Å²) in [5.74, 6) is 6.45. The number of nitrogens with zero attached hydrogens (tertiary/aromatic N) is 3. The number of pyridine rings is 1. The molecule has 0 saturated heterocycles. The highest BCUT2D eigenvalue weighted by atomic mass is 32.2. The van der Waals surface area contributed by atoms with Crippen molar-refractivity contribution < 1.29 is 18.3 Å². The van der Waals surface area contributed by atoms with E-state index < -0.39 is 18.0 Å². The molecule has 1 aliphatic carbocycles. The molecule has 0 bridgehead atoms. The number of hydrogen-bond acceptors (Lipinski definition) is 7. The number of ether oxygens (including phenoxy) is 1. The molecule has 33 heavy (non-hydrogen) atoms. The van der Waals surface area contributed by atoms with Crippen molar-refractivity contribution in [1.82, 2.24) is 15.7 Å². The number of amides is 1. The molecular weight excluding hydrogens is 448 g/mol. The van der Waals surface area contributed by atoms with E-state index in [1.807, 2.05) is 6.07 Å². The standard InChI is InChI=1S/C23H19F2N5O2S/c1-32-19-12-27-18(21(24)25)11-17(19)16-10-14(8-9-26)4-6-15(16)22(31)28-23-30-29-20(33-23)7-5-13-2-3-13/h4,6,10-13,20-21,29H,2-3,8H2,1H3,(H,28,30,31). The molecule has 1 aromatic carbocycles. The fraction of sp³-hybridized carbons (Fsp3) is 0.304. The molecule has 1 unspecified atom stereocenters. The van der Waals surface area contributed by atoms with Crippen molar-refractivity contribution in [3.05, 3.63) is 47.3 Å². The van der Waals surface area contributed by atoms with E-state index in [1.54, 1.807) is 18.2 Å². The number of nitriles is 1. The largest absolute Gasteiger partial charge is 0.494 e. The predicted molar refractivity (Wildman–Crippen MR) is 120 cm³/mol. The van der Waals surface area contributed by atoms with Gasteiger partial charge in [0.1, 0.15) is 11.4 Å². The minimum absolute atomic E-state index is 0.0951. The van der Waals surface area contributed by atoms with Gasteiger partial charge in [0.15, 0.2) is 10.5 Å².